The second kappa shape index (κ2) is 6.33. The lowest BCUT2D eigenvalue weighted by Gasteiger charge is -2.21. The number of nitrogens with one attached hydrogen (secondary N) is 1. The lowest BCUT2D eigenvalue weighted by molar-refractivity contribution is -0.137. The van der Waals surface area contributed by atoms with Crippen LogP contribution in [0, 0.1) is 5.92 Å². The number of carbonyl (C=O) groups excluding carboxylic acids is 1. The van der Waals surface area contributed by atoms with Crippen LogP contribution in [0.25, 0.3) is 0 Å². The Morgan fingerprint density at radius 3 is 2.43 bits per heavy atom. The van der Waals surface area contributed by atoms with Gasteiger partial charge in [0.15, 0.2) is 0 Å². The number of carbonyl (C=O) groups is 1. The van der Waals surface area contributed by atoms with Gasteiger partial charge in [0.25, 0.3) is 0 Å². The van der Waals surface area contributed by atoms with E-state index in [4.69, 9.17) is 0 Å². The van der Waals surface area contributed by atoms with Gasteiger partial charge in [-0.15, -0.1) is 0 Å². The number of amides is 1. The van der Waals surface area contributed by atoms with Crippen molar-refractivity contribution in [1.29, 1.82) is 0 Å². The van der Waals surface area contributed by atoms with Crippen LogP contribution in [0.3, 0.4) is 0 Å². The molecule has 0 aliphatic heterocycles. The summed E-state index contributed by atoms with van der Waals surface area (Å²) in [6.07, 6.45) is 2.17. The van der Waals surface area contributed by atoms with E-state index in [0.29, 0.717) is 5.56 Å². The largest absolute Gasteiger partial charge is 0.416 e. The Bertz CT molecular complexity index is 519. The molecule has 0 saturated heterocycles. The van der Waals surface area contributed by atoms with Gasteiger partial charge in [0.05, 0.1) is 11.6 Å². The van der Waals surface area contributed by atoms with E-state index in [-0.39, 0.29) is 17.9 Å². The molecular weight excluding hydrogens is 279 g/mol. The van der Waals surface area contributed by atoms with Crippen molar-refractivity contribution in [2.45, 2.75) is 38.4 Å². The maximum atomic E-state index is 12.5. The fourth-order valence-electron chi connectivity index (χ4n) is 2.41. The van der Waals surface area contributed by atoms with Crippen molar-refractivity contribution in [3.63, 3.8) is 0 Å². The molecule has 1 aliphatic carbocycles. The summed E-state index contributed by atoms with van der Waals surface area (Å²) in [5, 5.41) is 2.87. The third-order valence-electron chi connectivity index (χ3n) is 3.74. The molecule has 2 rings (SSSR count). The van der Waals surface area contributed by atoms with Gasteiger partial charge in [-0.25, -0.2) is 0 Å². The zero-order valence-electron chi connectivity index (χ0n) is 11.8. The van der Waals surface area contributed by atoms with Crippen molar-refractivity contribution in [3.05, 3.63) is 47.5 Å². The molecule has 21 heavy (non-hydrogen) atoms. The minimum atomic E-state index is -4.33. The van der Waals surface area contributed by atoms with Crippen LogP contribution < -0.4 is 5.32 Å². The zero-order valence-corrected chi connectivity index (χ0v) is 11.8. The molecule has 1 aromatic rings. The number of hydrogen-bond acceptors (Lipinski definition) is 1. The minimum Gasteiger partial charge on any atom is -0.349 e. The topological polar surface area (TPSA) is 29.1 Å². The van der Waals surface area contributed by atoms with Gasteiger partial charge in [-0.3, -0.25) is 4.79 Å². The number of rotatable bonds is 3. The Labute approximate surface area is 122 Å². The van der Waals surface area contributed by atoms with E-state index in [2.05, 4.69) is 11.4 Å². The van der Waals surface area contributed by atoms with Crippen LogP contribution in [0.1, 0.15) is 43.4 Å². The summed E-state index contributed by atoms with van der Waals surface area (Å²) in [4.78, 5) is 12.1. The molecule has 2 atom stereocenters. The molecular formula is C16H18F3NO. The highest BCUT2D eigenvalue weighted by molar-refractivity contribution is 5.79. The molecule has 0 heterocycles. The third kappa shape index (κ3) is 4.09. The van der Waals surface area contributed by atoms with Crippen LogP contribution in [0.4, 0.5) is 13.2 Å². The van der Waals surface area contributed by atoms with Gasteiger partial charge in [0.2, 0.25) is 5.91 Å². The summed E-state index contributed by atoms with van der Waals surface area (Å²) < 4.78 is 37.5. The molecule has 0 unspecified atom stereocenters. The minimum absolute atomic E-state index is 0.0353. The van der Waals surface area contributed by atoms with Crippen molar-refractivity contribution < 1.29 is 18.0 Å². The summed E-state index contributed by atoms with van der Waals surface area (Å²) in [5.74, 6) is -0.0707. The first-order valence-corrected chi connectivity index (χ1v) is 7.00. The molecule has 2 nitrogen and oxygen atoms in total. The molecule has 1 aliphatic rings. The van der Waals surface area contributed by atoms with Crippen molar-refractivity contribution in [1.82, 2.24) is 5.32 Å². The van der Waals surface area contributed by atoms with Gasteiger partial charge in [-0.1, -0.05) is 24.3 Å². The molecule has 1 N–H and O–H groups in total. The standard InChI is InChI=1S/C16H18F3NO/c1-11(20-15(21)13-5-3-2-4-6-13)12-7-9-14(10-8-12)16(17,18)19/h2-3,7-11,13H,4-6H2,1H3,(H,20,21)/t11-,13+/m1/s1. The first-order chi connectivity index (χ1) is 9.88. The second-order valence-electron chi connectivity index (χ2n) is 5.33. The van der Waals surface area contributed by atoms with Crippen molar-refractivity contribution in [2.75, 3.05) is 0 Å². The molecule has 0 fully saturated rings. The number of allylic oxidation sites excluding steroid dienone is 2. The molecule has 0 saturated carbocycles. The number of halogens is 3. The fraction of sp³-hybridized carbons (Fsp3) is 0.438. The first kappa shape index (κ1) is 15.6. The monoisotopic (exact) mass is 297 g/mol. The normalized spacial score (nSPS) is 20.1. The molecule has 5 heteroatoms. The van der Waals surface area contributed by atoms with Crippen LogP contribution in [-0.2, 0) is 11.0 Å². The molecule has 1 amide bonds. The Morgan fingerprint density at radius 2 is 1.90 bits per heavy atom. The second-order valence-corrected chi connectivity index (χ2v) is 5.33. The SMILES string of the molecule is C[C@@H](NC(=O)[C@H]1CC=CCC1)c1ccc(C(F)(F)F)cc1. The summed E-state index contributed by atoms with van der Waals surface area (Å²) in [6.45, 7) is 1.78. The highest BCUT2D eigenvalue weighted by Crippen LogP contribution is 2.30. The highest BCUT2D eigenvalue weighted by Gasteiger charge is 2.30. The smallest absolute Gasteiger partial charge is 0.349 e. The van der Waals surface area contributed by atoms with E-state index in [1.165, 1.54) is 12.1 Å². The Kier molecular flexibility index (Phi) is 4.70. The Morgan fingerprint density at radius 1 is 1.24 bits per heavy atom. The lowest BCUT2D eigenvalue weighted by Crippen LogP contribution is -2.33. The maximum Gasteiger partial charge on any atom is 0.416 e. The first-order valence-electron chi connectivity index (χ1n) is 7.00. The van der Waals surface area contributed by atoms with E-state index in [1.54, 1.807) is 6.92 Å². The van der Waals surface area contributed by atoms with Crippen LogP contribution in [0.2, 0.25) is 0 Å². The van der Waals surface area contributed by atoms with Crippen LogP contribution in [-0.4, -0.2) is 5.91 Å². The predicted octanol–water partition coefficient (Wildman–Crippen LogP) is 4.24. The molecule has 0 spiro atoms. The summed E-state index contributed by atoms with van der Waals surface area (Å²) in [7, 11) is 0. The van der Waals surface area contributed by atoms with E-state index in [9.17, 15) is 18.0 Å². The van der Waals surface area contributed by atoms with Gasteiger partial charge in [0, 0.05) is 5.92 Å². The summed E-state index contributed by atoms with van der Waals surface area (Å²) in [5.41, 5.74) is -0.00936. The average Bonchev–Trinajstić information content (AvgIpc) is 2.47. The number of alkyl halides is 3. The van der Waals surface area contributed by atoms with Crippen molar-refractivity contribution in [3.8, 4) is 0 Å². The fourth-order valence-corrected chi connectivity index (χ4v) is 2.41. The van der Waals surface area contributed by atoms with Crippen LogP contribution in [0.15, 0.2) is 36.4 Å². The van der Waals surface area contributed by atoms with E-state index < -0.39 is 11.7 Å². The van der Waals surface area contributed by atoms with Gasteiger partial charge in [-0.05, 0) is 43.9 Å². The maximum absolute atomic E-state index is 12.5. The molecule has 0 radical (unpaired) electrons. The molecule has 114 valence electrons. The van der Waals surface area contributed by atoms with E-state index in [1.807, 2.05) is 6.08 Å². The molecule has 0 bridgehead atoms. The predicted molar refractivity (Wildman–Crippen MR) is 74.5 cm³/mol. The van der Waals surface area contributed by atoms with Gasteiger partial charge in [0.1, 0.15) is 0 Å². The van der Waals surface area contributed by atoms with E-state index in [0.717, 1.165) is 31.4 Å². The third-order valence-corrected chi connectivity index (χ3v) is 3.74. The quantitative estimate of drug-likeness (QED) is 0.831. The lowest BCUT2D eigenvalue weighted by atomic mass is 9.93. The van der Waals surface area contributed by atoms with Crippen molar-refractivity contribution in [2.24, 2.45) is 5.92 Å². The molecule has 0 aromatic heterocycles. The molecule has 1 aromatic carbocycles. The summed E-state index contributed by atoms with van der Waals surface area (Å²) in [6, 6.07) is 4.61. The van der Waals surface area contributed by atoms with Crippen molar-refractivity contribution >= 4 is 5.91 Å². The van der Waals surface area contributed by atoms with Gasteiger partial charge >= 0.3 is 6.18 Å². The summed E-state index contributed by atoms with van der Waals surface area (Å²) >= 11 is 0. The van der Waals surface area contributed by atoms with E-state index >= 15 is 0 Å². The number of benzene rings is 1. The van der Waals surface area contributed by atoms with Crippen LogP contribution in [0.5, 0.6) is 0 Å². The average molecular weight is 297 g/mol. The Balaban J connectivity index is 1.98. The Hall–Kier alpha value is -1.78. The van der Waals surface area contributed by atoms with Crippen LogP contribution >= 0.6 is 0 Å². The van der Waals surface area contributed by atoms with Gasteiger partial charge in [-0.2, -0.15) is 13.2 Å². The zero-order chi connectivity index (χ0) is 15.5. The number of hydrogen-bond donors (Lipinski definition) is 1. The van der Waals surface area contributed by atoms with Gasteiger partial charge < -0.3 is 5.32 Å². The highest BCUT2D eigenvalue weighted by atomic mass is 19.4.